The molecular weight excluding hydrogens is 363 g/mol. The van der Waals surface area contributed by atoms with E-state index >= 15 is 0 Å². The third-order valence-corrected chi connectivity index (χ3v) is 4.17. The number of aryl methyl sites for hydroxylation is 1. The van der Waals surface area contributed by atoms with Gasteiger partial charge in [-0.1, -0.05) is 35.3 Å². The molecule has 0 fully saturated rings. The first-order valence-corrected chi connectivity index (χ1v) is 8.34. The van der Waals surface area contributed by atoms with Crippen LogP contribution in [0.2, 0.25) is 10.0 Å². The van der Waals surface area contributed by atoms with Crippen LogP contribution < -0.4 is 15.4 Å². The highest BCUT2D eigenvalue weighted by Crippen LogP contribution is 2.30. The number of carbonyl (C=O) groups is 2. The van der Waals surface area contributed by atoms with E-state index < -0.39 is 11.8 Å². The van der Waals surface area contributed by atoms with Crippen molar-refractivity contribution in [2.75, 3.05) is 19.0 Å². The molecular formula is C18H18Cl2N2O3. The van der Waals surface area contributed by atoms with E-state index in [0.717, 1.165) is 11.1 Å². The van der Waals surface area contributed by atoms with Crippen LogP contribution in [-0.2, 0) is 16.0 Å². The summed E-state index contributed by atoms with van der Waals surface area (Å²) >= 11 is 11.9. The molecule has 0 spiro atoms. The Labute approximate surface area is 156 Å². The Morgan fingerprint density at radius 2 is 1.88 bits per heavy atom. The molecule has 7 heteroatoms. The zero-order valence-corrected chi connectivity index (χ0v) is 15.4. The molecule has 0 radical (unpaired) electrons. The molecule has 0 heterocycles. The van der Waals surface area contributed by atoms with E-state index in [1.54, 1.807) is 25.1 Å². The normalized spacial score (nSPS) is 10.2. The first kappa shape index (κ1) is 19.1. The van der Waals surface area contributed by atoms with Crippen LogP contribution in [0.4, 0.5) is 5.69 Å². The lowest BCUT2D eigenvalue weighted by Crippen LogP contribution is -2.36. The number of halogens is 2. The highest BCUT2D eigenvalue weighted by atomic mass is 35.5. The quantitative estimate of drug-likeness (QED) is 0.778. The van der Waals surface area contributed by atoms with Gasteiger partial charge in [0.2, 0.25) is 0 Å². The number of benzene rings is 2. The summed E-state index contributed by atoms with van der Waals surface area (Å²) in [6, 6.07) is 10.6. The molecule has 0 aliphatic heterocycles. The Morgan fingerprint density at radius 1 is 1.12 bits per heavy atom. The van der Waals surface area contributed by atoms with Gasteiger partial charge in [0.25, 0.3) is 0 Å². The Morgan fingerprint density at radius 3 is 2.56 bits per heavy atom. The van der Waals surface area contributed by atoms with Crippen molar-refractivity contribution in [3.05, 3.63) is 57.6 Å². The molecule has 5 nitrogen and oxygen atoms in total. The van der Waals surface area contributed by atoms with E-state index in [9.17, 15) is 9.59 Å². The molecule has 25 heavy (non-hydrogen) atoms. The van der Waals surface area contributed by atoms with E-state index in [1.807, 2.05) is 18.2 Å². The smallest absolute Gasteiger partial charge is 0.313 e. The molecule has 2 rings (SSSR count). The second-order valence-electron chi connectivity index (χ2n) is 5.39. The van der Waals surface area contributed by atoms with Gasteiger partial charge in [-0.15, -0.1) is 0 Å². The van der Waals surface area contributed by atoms with E-state index in [1.165, 1.54) is 7.11 Å². The first-order valence-electron chi connectivity index (χ1n) is 7.58. The summed E-state index contributed by atoms with van der Waals surface area (Å²) in [5.74, 6) is -1.11. The Bertz CT molecular complexity index is 794. The third-order valence-electron chi connectivity index (χ3n) is 3.52. The van der Waals surface area contributed by atoms with Gasteiger partial charge in [0.15, 0.2) is 0 Å². The SMILES string of the molecule is COc1cc(Cl)c(C)cc1NC(=O)C(=O)NCCc1cccc(Cl)c1. The molecule has 2 aromatic carbocycles. The van der Waals surface area contributed by atoms with Gasteiger partial charge in [-0.2, -0.15) is 0 Å². The number of hydrogen-bond donors (Lipinski definition) is 2. The molecule has 2 N–H and O–H groups in total. The van der Waals surface area contributed by atoms with Gasteiger partial charge >= 0.3 is 11.8 Å². The highest BCUT2D eigenvalue weighted by molar-refractivity contribution is 6.40. The molecule has 0 unspecified atom stereocenters. The van der Waals surface area contributed by atoms with Crippen LogP contribution >= 0.6 is 23.2 Å². The third kappa shape index (κ3) is 5.37. The average Bonchev–Trinajstić information content (AvgIpc) is 2.57. The topological polar surface area (TPSA) is 67.4 Å². The number of hydrogen-bond acceptors (Lipinski definition) is 3. The monoisotopic (exact) mass is 380 g/mol. The summed E-state index contributed by atoms with van der Waals surface area (Å²) in [5.41, 5.74) is 2.13. The fourth-order valence-corrected chi connectivity index (χ4v) is 2.57. The van der Waals surface area contributed by atoms with Gasteiger partial charge in [-0.05, 0) is 42.7 Å². The van der Waals surface area contributed by atoms with E-state index in [0.29, 0.717) is 34.4 Å². The summed E-state index contributed by atoms with van der Waals surface area (Å²) in [5, 5.41) is 6.25. The average molecular weight is 381 g/mol. The molecule has 2 amide bonds. The summed E-state index contributed by atoms with van der Waals surface area (Å²) in [6.45, 7) is 2.12. The fraction of sp³-hybridized carbons (Fsp3) is 0.222. The van der Waals surface area contributed by atoms with Crippen molar-refractivity contribution in [3.8, 4) is 5.75 Å². The molecule has 0 aliphatic carbocycles. The number of nitrogens with one attached hydrogen (secondary N) is 2. The van der Waals surface area contributed by atoms with Gasteiger partial charge in [0.1, 0.15) is 5.75 Å². The van der Waals surface area contributed by atoms with Gasteiger partial charge in [-0.3, -0.25) is 9.59 Å². The second kappa shape index (κ2) is 8.74. The maximum Gasteiger partial charge on any atom is 0.313 e. The lowest BCUT2D eigenvalue weighted by Gasteiger charge is -2.12. The van der Waals surface area contributed by atoms with Crippen molar-refractivity contribution in [2.24, 2.45) is 0 Å². The van der Waals surface area contributed by atoms with Crippen LogP contribution in [0, 0.1) is 6.92 Å². The molecule has 0 bridgehead atoms. The van der Waals surface area contributed by atoms with Crippen molar-refractivity contribution in [2.45, 2.75) is 13.3 Å². The molecule has 0 saturated heterocycles. The number of amides is 2. The number of ether oxygens (including phenoxy) is 1. The van der Waals surface area contributed by atoms with Crippen molar-refractivity contribution in [3.63, 3.8) is 0 Å². The zero-order chi connectivity index (χ0) is 18.4. The van der Waals surface area contributed by atoms with Crippen LogP contribution in [0.3, 0.4) is 0 Å². The van der Waals surface area contributed by atoms with E-state index in [4.69, 9.17) is 27.9 Å². The van der Waals surface area contributed by atoms with Gasteiger partial charge in [0, 0.05) is 22.7 Å². The summed E-state index contributed by atoms with van der Waals surface area (Å²) < 4.78 is 5.17. The van der Waals surface area contributed by atoms with Crippen molar-refractivity contribution in [1.29, 1.82) is 0 Å². The number of carbonyl (C=O) groups excluding carboxylic acids is 2. The van der Waals surface area contributed by atoms with Crippen molar-refractivity contribution < 1.29 is 14.3 Å². The summed E-state index contributed by atoms with van der Waals surface area (Å²) in [6.07, 6.45) is 0.572. The van der Waals surface area contributed by atoms with Gasteiger partial charge in [0.05, 0.1) is 12.8 Å². The van der Waals surface area contributed by atoms with Gasteiger partial charge < -0.3 is 15.4 Å². The van der Waals surface area contributed by atoms with Crippen LogP contribution in [0.1, 0.15) is 11.1 Å². The Balaban J connectivity index is 1.92. The molecule has 0 aromatic heterocycles. The Hall–Kier alpha value is -2.24. The number of methoxy groups -OCH3 is 1. The van der Waals surface area contributed by atoms with Crippen molar-refractivity contribution >= 4 is 40.7 Å². The van der Waals surface area contributed by atoms with Crippen molar-refractivity contribution in [1.82, 2.24) is 5.32 Å². The summed E-state index contributed by atoms with van der Waals surface area (Å²) in [7, 11) is 1.46. The molecule has 0 saturated carbocycles. The van der Waals surface area contributed by atoms with Crippen LogP contribution in [-0.4, -0.2) is 25.5 Å². The van der Waals surface area contributed by atoms with Gasteiger partial charge in [-0.25, -0.2) is 0 Å². The molecule has 0 atom stereocenters. The van der Waals surface area contributed by atoms with E-state index in [2.05, 4.69) is 10.6 Å². The predicted octanol–water partition coefficient (Wildman–Crippen LogP) is 3.61. The lowest BCUT2D eigenvalue weighted by molar-refractivity contribution is -0.136. The minimum Gasteiger partial charge on any atom is -0.495 e. The first-order chi connectivity index (χ1) is 11.9. The lowest BCUT2D eigenvalue weighted by atomic mass is 10.1. The van der Waals surface area contributed by atoms with Crippen LogP contribution in [0.15, 0.2) is 36.4 Å². The minimum atomic E-state index is -0.772. The number of rotatable bonds is 5. The Kier molecular flexibility index (Phi) is 6.67. The number of anilines is 1. The molecule has 0 aliphatic rings. The fourth-order valence-electron chi connectivity index (χ4n) is 2.20. The largest absolute Gasteiger partial charge is 0.495 e. The van der Waals surface area contributed by atoms with E-state index in [-0.39, 0.29) is 0 Å². The maximum absolute atomic E-state index is 12.0. The minimum absolute atomic E-state index is 0.323. The maximum atomic E-state index is 12.0. The van der Waals surface area contributed by atoms with Crippen LogP contribution in [0.25, 0.3) is 0 Å². The van der Waals surface area contributed by atoms with Crippen LogP contribution in [0.5, 0.6) is 5.75 Å². The highest BCUT2D eigenvalue weighted by Gasteiger charge is 2.16. The molecule has 132 valence electrons. The zero-order valence-electron chi connectivity index (χ0n) is 13.9. The summed E-state index contributed by atoms with van der Waals surface area (Å²) in [4.78, 5) is 24.0. The second-order valence-corrected chi connectivity index (χ2v) is 6.24. The molecule has 2 aromatic rings. The predicted molar refractivity (Wildman–Crippen MR) is 99.5 cm³/mol. The standard InChI is InChI=1S/C18H18Cl2N2O3/c1-11-8-15(16(25-2)10-14(11)20)22-18(24)17(23)21-7-6-12-4-3-5-13(19)9-12/h3-5,8-10H,6-7H2,1-2H3,(H,21,23)(H,22,24).